The van der Waals surface area contributed by atoms with Crippen molar-refractivity contribution in [2.75, 3.05) is 50.7 Å². The number of nitrogens with zero attached hydrogens (tertiary/aromatic N) is 5. The number of aliphatic carboxylic acids is 2. The van der Waals surface area contributed by atoms with Crippen LogP contribution in [0.25, 0.3) is 16.8 Å². The third kappa shape index (κ3) is 5.91. The van der Waals surface area contributed by atoms with Gasteiger partial charge in [-0.1, -0.05) is 26.0 Å². The third-order valence-electron chi connectivity index (χ3n) is 5.82. The van der Waals surface area contributed by atoms with Crippen LogP contribution in [-0.2, 0) is 16.1 Å². The highest BCUT2D eigenvalue weighted by Crippen LogP contribution is 2.20. The Morgan fingerprint density at radius 1 is 1.06 bits per heavy atom. The van der Waals surface area contributed by atoms with Crippen LogP contribution in [0.2, 0.25) is 0 Å². The Morgan fingerprint density at radius 2 is 1.68 bits per heavy atom. The van der Waals surface area contributed by atoms with Crippen molar-refractivity contribution in [2.45, 2.75) is 26.8 Å². The number of rotatable bonds is 8. The van der Waals surface area contributed by atoms with Gasteiger partial charge in [0, 0.05) is 45.3 Å². The third-order valence-corrected chi connectivity index (χ3v) is 5.82. The molecule has 0 radical (unpaired) electrons. The lowest BCUT2D eigenvalue weighted by Gasteiger charge is -2.28. The molecule has 4 rings (SSSR count). The summed E-state index contributed by atoms with van der Waals surface area (Å²) in [5.74, 6) is -1.10. The highest BCUT2D eigenvalue weighted by atomic mass is 16.4. The Bertz CT molecular complexity index is 1180. The van der Waals surface area contributed by atoms with Gasteiger partial charge in [0.25, 0.3) is 5.56 Å². The number of nitrogens with one attached hydrogen (secondary N) is 1. The number of aromatic nitrogens is 3. The van der Waals surface area contributed by atoms with Gasteiger partial charge < -0.3 is 29.9 Å². The zero-order valence-electron chi connectivity index (χ0n) is 19.6. The van der Waals surface area contributed by atoms with E-state index < -0.39 is 18.4 Å². The molecule has 0 saturated carbocycles. The monoisotopic (exact) mass is 472 g/mol. The Balaban J connectivity index is 0.000000406. The number of benzene rings is 1. The number of carbonyl (C=O) groups is 2. The Morgan fingerprint density at radius 3 is 2.24 bits per heavy atom. The smallest absolute Gasteiger partial charge is 0.314 e. The number of carboxylic acids is 2. The Labute approximate surface area is 197 Å². The minimum Gasteiger partial charge on any atom is -0.481 e. The summed E-state index contributed by atoms with van der Waals surface area (Å²) >= 11 is 0. The van der Waals surface area contributed by atoms with Crippen molar-refractivity contribution >= 4 is 34.6 Å². The van der Waals surface area contributed by atoms with Gasteiger partial charge in [-0.3, -0.25) is 14.4 Å². The fraction of sp³-hybridized carbons (Fsp3) is 0.478. The molecule has 1 aromatic carbocycles. The number of anilines is 1. The summed E-state index contributed by atoms with van der Waals surface area (Å²) in [6, 6.07) is 9.77. The Hall–Kier alpha value is -3.44. The van der Waals surface area contributed by atoms with Crippen LogP contribution in [0.15, 0.2) is 35.1 Å². The normalized spacial score (nSPS) is 13.8. The molecule has 3 N–H and O–H groups in total. The maximum Gasteiger partial charge on any atom is 0.314 e. The van der Waals surface area contributed by atoms with Crippen LogP contribution in [-0.4, -0.2) is 86.8 Å². The average Bonchev–Trinajstić information content (AvgIpc) is 3.14. The number of likely N-dealkylation sites (N-methyl/N-ethyl adjacent to an activating group) is 1. The number of hydrogen-bond donors (Lipinski definition) is 3. The first-order chi connectivity index (χ1) is 16.3. The second kappa shape index (κ2) is 11.6. The summed E-state index contributed by atoms with van der Waals surface area (Å²) in [6.45, 7) is 11.8. The molecule has 0 unspecified atom stereocenters. The molecule has 1 fully saturated rings. The topological polar surface area (TPSA) is 132 Å². The summed E-state index contributed by atoms with van der Waals surface area (Å²) in [6.07, 6.45) is -0.806. The molecule has 3 aromatic rings. The maximum absolute atomic E-state index is 13.0. The van der Waals surface area contributed by atoms with E-state index in [1.807, 2.05) is 18.2 Å². The van der Waals surface area contributed by atoms with Crippen molar-refractivity contribution in [3.63, 3.8) is 0 Å². The number of fused-ring (bicyclic) bond motifs is 3. The van der Waals surface area contributed by atoms with E-state index in [4.69, 9.17) is 15.2 Å². The average molecular weight is 473 g/mol. The van der Waals surface area contributed by atoms with Crippen LogP contribution >= 0.6 is 0 Å². The summed E-state index contributed by atoms with van der Waals surface area (Å²) in [7, 11) is 0. The number of piperazine rings is 1. The first-order valence-corrected chi connectivity index (χ1v) is 11.5. The fourth-order valence-electron chi connectivity index (χ4n) is 4.04. The van der Waals surface area contributed by atoms with E-state index in [1.165, 1.54) is 0 Å². The highest BCUT2D eigenvalue weighted by molar-refractivity contribution is 5.88. The summed E-state index contributed by atoms with van der Waals surface area (Å²) < 4.78 is 3.95. The lowest BCUT2D eigenvalue weighted by Crippen LogP contribution is -2.44. The molecule has 11 nitrogen and oxygen atoms in total. The molecule has 0 bridgehead atoms. The second-order valence-electron chi connectivity index (χ2n) is 7.96. The van der Waals surface area contributed by atoms with E-state index in [0.29, 0.717) is 0 Å². The molecule has 3 heterocycles. The molecule has 0 spiro atoms. The highest BCUT2D eigenvalue weighted by Gasteiger charge is 2.18. The fourth-order valence-corrected chi connectivity index (χ4v) is 4.04. The van der Waals surface area contributed by atoms with Crippen LogP contribution in [0.3, 0.4) is 0 Å². The number of para-hydroxylation sites is 2. The lowest BCUT2D eigenvalue weighted by atomic mass is 10.3. The minimum atomic E-state index is -1.31. The summed E-state index contributed by atoms with van der Waals surface area (Å²) in [5.41, 5.74) is 1.98. The van der Waals surface area contributed by atoms with Crippen molar-refractivity contribution in [3.05, 3.63) is 40.7 Å². The predicted octanol–water partition coefficient (Wildman–Crippen LogP) is 0.946. The number of carboxylic acid groups (broad SMARTS) is 2. The molecule has 1 saturated heterocycles. The molecule has 11 heteroatoms. The molecule has 1 aliphatic heterocycles. The van der Waals surface area contributed by atoms with Crippen LogP contribution in [0.5, 0.6) is 0 Å². The first-order valence-electron chi connectivity index (χ1n) is 11.5. The van der Waals surface area contributed by atoms with Crippen LogP contribution in [0, 0.1) is 0 Å². The van der Waals surface area contributed by atoms with Gasteiger partial charge in [-0.25, -0.2) is 4.40 Å². The molecule has 1 aliphatic rings. The van der Waals surface area contributed by atoms with Gasteiger partial charge >= 0.3 is 11.9 Å². The summed E-state index contributed by atoms with van der Waals surface area (Å²) in [5, 5.41) is 18.8. The molecule has 0 aliphatic carbocycles. The van der Waals surface area contributed by atoms with Crippen LogP contribution in [0.1, 0.15) is 20.3 Å². The van der Waals surface area contributed by atoms with E-state index in [0.717, 1.165) is 75.0 Å². The SMILES string of the molecule is CCN(CC)CCn1c2ccccc2n2c(=O)cc(N3CCNCC3)nc12.O=C(O)CC(=O)O. The Kier molecular flexibility index (Phi) is 8.61. The largest absolute Gasteiger partial charge is 0.481 e. The van der Waals surface area contributed by atoms with E-state index in [-0.39, 0.29) is 5.56 Å². The van der Waals surface area contributed by atoms with Crippen molar-refractivity contribution in [1.29, 1.82) is 0 Å². The van der Waals surface area contributed by atoms with Crippen LogP contribution < -0.4 is 15.8 Å². The molecular formula is C23H32N6O5. The first kappa shape index (κ1) is 25.2. The quantitative estimate of drug-likeness (QED) is 0.410. The summed E-state index contributed by atoms with van der Waals surface area (Å²) in [4.78, 5) is 41.4. The molecule has 34 heavy (non-hydrogen) atoms. The number of hydrogen-bond acceptors (Lipinski definition) is 7. The molecule has 2 aromatic heterocycles. The molecule has 184 valence electrons. The standard InChI is InChI=1S/C20H28N6O.C3H4O4/c1-3-23(4-2)13-14-25-16-7-5-6-8-17(16)26-19(27)15-18(22-20(25)26)24-11-9-21-10-12-24;4-2(5)1-3(6)7/h5-8,15,21H,3-4,9-14H2,1-2H3;1H2,(H,4,5)(H,6,7). The molecule has 0 amide bonds. The van der Waals surface area contributed by atoms with E-state index >= 15 is 0 Å². The zero-order valence-corrected chi connectivity index (χ0v) is 19.6. The van der Waals surface area contributed by atoms with Gasteiger partial charge in [0.15, 0.2) is 0 Å². The van der Waals surface area contributed by atoms with Crippen molar-refractivity contribution in [1.82, 2.24) is 24.2 Å². The van der Waals surface area contributed by atoms with Gasteiger partial charge in [0.05, 0.1) is 11.0 Å². The van der Waals surface area contributed by atoms with E-state index in [9.17, 15) is 14.4 Å². The van der Waals surface area contributed by atoms with Crippen molar-refractivity contribution in [2.24, 2.45) is 0 Å². The molecule has 0 atom stereocenters. The second-order valence-corrected chi connectivity index (χ2v) is 7.96. The van der Waals surface area contributed by atoms with Gasteiger partial charge in [0.2, 0.25) is 5.78 Å². The lowest BCUT2D eigenvalue weighted by molar-refractivity contribution is -0.147. The zero-order chi connectivity index (χ0) is 24.7. The number of imidazole rings is 1. The molecular weight excluding hydrogens is 440 g/mol. The van der Waals surface area contributed by atoms with E-state index in [1.54, 1.807) is 10.5 Å². The van der Waals surface area contributed by atoms with Gasteiger partial charge in [-0.2, -0.15) is 4.98 Å². The maximum atomic E-state index is 13.0. The van der Waals surface area contributed by atoms with E-state index in [2.05, 4.69) is 39.6 Å². The van der Waals surface area contributed by atoms with Crippen molar-refractivity contribution in [3.8, 4) is 0 Å². The van der Waals surface area contributed by atoms with Crippen LogP contribution in [0.4, 0.5) is 5.82 Å². The van der Waals surface area contributed by atoms with Crippen molar-refractivity contribution < 1.29 is 19.8 Å². The predicted molar refractivity (Wildman–Crippen MR) is 130 cm³/mol. The van der Waals surface area contributed by atoms with Gasteiger partial charge in [-0.05, 0) is 25.2 Å². The van der Waals surface area contributed by atoms with Gasteiger partial charge in [0.1, 0.15) is 12.2 Å². The minimum absolute atomic E-state index is 0.00804. The van der Waals surface area contributed by atoms with Gasteiger partial charge in [-0.15, -0.1) is 0 Å².